The van der Waals surface area contributed by atoms with Crippen LogP contribution in [0.15, 0.2) is 30.3 Å². The number of alkyl halides is 3. The first-order chi connectivity index (χ1) is 9.75. The molecule has 0 fully saturated rings. The molecule has 0 spiro atoms. The third-order valence-electron chi connectivity index (χ3n) is 3.02. The van der Waals surface area contributed by atoms with Crippen molar-refractivity contribution in [1.82, 2.24) is 5.32 Å². The number of halogens is 3. The highest BCUT2D eigenvalue weighted by Crippen LogP contribution is 2.33. The van der Waals surface area contributed by atoms with Gasteiger partial charge >= 0.3 is 12.1 Å². The second kappa shape index (κ2) is 7.45. The van der Waals surface area contributed by atoms with Gasteiger partial charge < -0.3 is 4.74 Å². The van der Waals surface area contributed by atoms with E-state index in [1.54, 1.807) is 6.07 Å². The summed E-state index contributed by atoms with van der Waals surface area (Å²) in [7, 11) is 1.17. The second-order valence-electron chi connectivity index (χ2n) is 5.26. The van der Waals surface area contributed by atoms with Gasteiger partial charge in [-0.1, -0.05) is 44.2 Å². The zero-order valence-corrected chi connectivity index (χ0v) is 12.3. The largest absolute Gasteiger partial charge is 0.468 e. The van der Waals surface area contributed by atoms with E-state index < -0.39 is 24.2 Å². The van der Waals surface area contributed by atoms with Crippen LogP contribution in [0.25, 0.3) is 0 Å². The van der Waals surface area contributed by atoms with Crippen molar-refractivity contribution < 1.29 is 22.7 Å². The molecular weight excluding hydrogens is 283 g/mol. The Morgan fingerprint density at radius 3 is 2.24 bits per heavy atom. The Bertz CT molecular complexity index is 446. The molecule has 1 unspecified atom stereocenters. The molecule has 0 amide bonds. The average molecular weight is 303 g/mol. The quantitative estimate of drug-likeness (QED) is 0.818. The Kier molecular flexibility index (Phi) is 6.20. The van der Waals surface area contributed by atoms with Gasteiger partial charge in [0.15, 0.2) is 0 Å². The molecule has 3 nitrogen and oxygen atoms in total. The molecule has 0 saturated carbocycles. The summed E-state index contributed by atoms with van der Waals surface area (Å²) in [6.45, 7) is 3.67. The predicted molar refractivity (Wildman–Crippen MR) is 73.6 cm³/mol. The fourth-order valence-corrected chi connectivity index (χ4v) is 2.07. The van der Waals surface area contributed by atoms with Crippen molar-refractivity contribution in [3.8, 4) is 0 Å². The van der Waals surface area contributed by atoms with Gasteiger partial charge in [-0.2, -0.15) is 13.2 Å². The Morgan fingerprint density at radius 2 is 1.81 bits per heavy atom. The van der Waals surface area contributed by atoms with Gasteiger partial charge in [0, 0.05) is 0 Å². The molecule has 0 heterocycles. The number of esters is 1. The molecule has 1 aromatic rings. The van der Waals surface area contributed by atoms with Gasteiger partial charge in [-0.25, -0.2) is 0 Å². The van der Waals surface area contributed by atoms with Crippen molar-refractivity contribution in [2.24, 2.45) is 5.92 Å². The third-order valence-corrected chi connectivity index (χ3v) is 3.02. The zero-order chi connectivity index (χ0) is 16.0. The van der Waals surface area contributed by atoms with Crippen LogP contribution in [0.4, 0.5) is 13.2 Å². The molecule has 6 heteroatoms. The lowest BCUT2D eigenvalue weighted by molar-refractivity contribution is -0.164. The van der Waals surface area contributed by atoms with Crippen LogP contribution in [0.5, 0.6) is 0 Å². The van der Waals surface area contributed by atoms with Crippen LogP contribution in [0, 0.1) is 5.92 Å². The number of nitrogens with one attached hydrogen (secondary N) is 1. The topological polar surface area (TPSA) is 38.3 Å². The lowest BCUT2D eigenvalue weighted by Crippen LogP contribution is -2.45. The van der Waals surface area contributed by atoms with Crippen LogP contribution in [-0.4, -0.2) is 25.3 Å². The van der Waals surface area contributed by atoms with Crippen molar-refractivity contribution in [3.05, 3.63) is 35.9 Å². The lowest BCUT2D eigenvalue weighted by atomic mass is 10.0. The highest BCUT2D eigenvalue weighted by Gasteiger charge is 2.42. The number of benzene rings is 1. The van der Waals surface area contributed by atoms with E-state index in [1.807, 2.05) is 13.8 Å². The highest BCUT2D eigenvalue weighted by atomic mass is 19.4. The highest BCUT2D eigenvalue weighted by molar-refractivity contribution is 5.75. The molecule has 1 rings (SSSR count). The first-order valence-electron chi connectivity index (χ1n) is 6.71. The fraction of sp³-hybridized carbons (Fsp3) is 0.533. The van der Waals surface area contributed by atoms with Gasteiger partial charge in [0.25, 0.3) is 0 Å². The van der Waals surface area contributed by atoms with E-state index in [2.05, 4.69) is 10.1 Å². The van der Waals surface area contributed by atoms with E-state index in [1.165, 1.54) is 31.4 Å². The molecule has 0 aliphatic rings. The summed E-state index contributed by atoms with van der Waals surface area (Å²) in [4.78, 5) is 11.7. The first kappa shape index (κ1) is 17.5. The number of carbonyl (C=O) groups is 1. The maximum Gasteiger partial charge on any atom is 0.407 e. The van der Waals surface area contributed by atoms with E-state index >= 15 is 0 Å². The number of methoxy groups -OCH3 is 1. The minimum absolute atomic E-state index is 0.0613. The summed E-state index contributed by atoms with van der Waals surface area (Å²) in [5.41, 5.74) is 0.0719. The van der Waals surface area contributed by atoms with Crippen LogP contribution in [0.2, 0.25) is 0 Å². The van der Waals surface area contributed by atoms with E-state index in [4.69, 9.17) is 0 Å². The number of carbonyl (C=O) groups excluding carboxylic acids is 1. The van der Waals surface area contributed by atoms with Crippen molar-refractivity contribution in [2.75, 3.05) is 7.11 Å². The maximum absolute atomic E-state index is 13.3. The monoisotopic (exact) mass is 303 g/mol. The average Bonchev–Trinajstić information content (AvgIpc) is 2.41. The van der Waals surface area contributed by atoms with Crippen molar-refractivity contribution in [3.63, 3.8) is 0 Å². The molecule has 0 aliphatic carbocycles. The fourth-order valence-electron chi connectivity index (χ4n) is 2.07. The second-order valence-corrected chi connectivity index (χ2v) is 5.26. The third kappa shape index (κ3) is 5.38. The zero-order valence-electron chi connectivity index (χ0n) is 12.3. The molecule has 0 bridgehead atoms. The van der Waals surface area contributed by atoms with Crippen molar-refractivity contribution >= 4 is 5.97 Å². The molecule has 1 N–H and O–H groups in total. The number of ether oxygens (including phenoxy) is 1. The SMILES string of the molecule is COC(=O)[C@@H](CC(C)C)NC(c1ccccc1)C(F)(F)F. The summed E-state index contributed by atoms with van der Waals surface area (Å²) in [5.74, 6) is -0.625. The first-order valence-corrected chi connectivity index (χ1v) is 6.71. The number of hydrogen-bond acceptors (Lipinski definition) is 3. The minimum Gasteiger partial charge on any atom is -0.468 e. The summed E-state index contributed by atoms with van der Waals surface area (Å²) >= 11 is 0. The number of hydrogen-bond donors (Lipinski definition) is 1. The van der Waals surface area contributed by atoms with Crippen LogP contribution in [-0.2, 0) is 9.53 Å². The standard InChI is InChI=1S/C15H20F3NO2/c1-10(2)9-12(14(20)21-3)19-13(15(16,17)18)11-7-5-4-6-8-11/h4-8,10,12-13,19H,9H2,1-3H3/t12-,13?/m1/s1. The molecule has 1 aromatic carbocycles. The molecule has 0 saturated heterocycles. The maximum atomic E-state index is 13.3. The summed E-state index contributed by atoms with van der Waals surface area (Å²) in [6, 6.07) is 4.58. The van der Waals surface area contributed by atoms with E-state index in [9.17, 15) is 18.0 Å². The Labute approximate surface area is 122 Å². The molecule has 2 atom stereocenters. The molecule has 118 valence electrons. The van der Waals surface area contributed by atoms with Gasteiger partial charge in [-0.3, -0.25) is 10.1 Å². The molecule has 21 heavy (non-hydrogen) atoms. The molecule has 0 aliphatic heterocycles. The van der Waals surface area contributed by atoms with Crippen molar-refractivity contribution in [2.45, 2.75) is 38.5 Å². The Hall–Kier alpha value is -1.56. The molecular formula is C15H20F3NO2. The van der Waals surface area contributed by atoms with Gasteiger partial charge in [0.2, 0.25) is 0 Å². The van der Waals surface area contributed by atoms with Crippen molar-refractivity contribution in [1.29, 1.82) is 0 Å². The minimum atomic E-state index is -4.50. The van der Waals surface area contributed by atoms with E-state index in [0.717, 1.165) is 0 Å². The molecule has 0 aromatic heterocycles. The summed E-state index contributed by atoms with van der Waals surface area (Å²) < 4.78 is 44.4. The summed E-state index contributed by atoms with van der Waals surface area (Å²) in [6.07, 6.45) is -4.23. The molecule has 0 radical (unpaired) electrons. The number of rotatable bonds is 6. The summed E-state index contributed by atoms with van der Waals surface area (Å²) in [5, 5.41) is 2.39. The van der Waals surface area contributed by atoms with E-state index in [0.29, 0.717) is 0 Å². The van der Waals surface area contributed by atoms with Crippen LogP contribution >= 0.6 is 0 Å². The Balaban J connectivity index is 3.01. The smallest absolute Gasteiger partial charge is 0.407 e. The van der Waals surface area contributed by atoms with Crippen LogP contribution in [0.1, 0.15) is 31.9 Å². The predicted octanol–water partition coefficient (Wildman–Crippen LogP) is 3.47. The normalized spacial score (nSPS) is 14.8. The van der Waals surface area contributed by atoms with Crippen LogP contribution in [0.3, 0.4) is 0 Å². The van der Waals surface area contributed by atoms with Gasteiger partial charge in [0.1, 0.15) is 12.1 Å². The van der Waals surface area contributed by atoms with Crippen LogP contribution < -0.4 is 5.32 Å². The lowest BCUT2D eigenvalue weighted by Gasteiger charge is -2.27. The van der Waals surface area contributed by atoms with Gasteiger partial charge in [-0.15, -0.1) is 0 Å². The Morgan fingerprint density at radius 1 is 1.24 bits per heavy atom. The van der Waals surface area contributed by atoms with Gasteiger partial charge in [-0.05, 0) is 17.9 Å². The van der Waals surface area contributed by atoms with E-state index in [-0.39, 0.29) is 17.9 Å². The van der Waals surface area contributed by atoms with Gasteiger partial charge in [0.05, 0.1) is 7.11 Å².